The normalized spacial score (nSPS) is 19.5. The fourth-order valence-electron chi connectivity index (χ4n) is 2.54. The first-order valence-corrected chi connectivity index (χ1v) is 6.92. The van der Waals surface area contributed by atoms with Crippen molar-refractivity contribution < 1.29 is 9.18 Å². The largest absolute Gasteiger partial charge is 0.334 e. The Labute approximate surface area is 117 Å². The molecule has 0 radical (unpaired) electrons. The zero-order valence-corrected chi connectivity index (χ0v) is 11.7. The monoisotopic (exact) mass is 284 g/mol. The van der Waals surface area contributed by atoms with Crippen LogP contribution in [-0.2, 0) is 0 Å². The number of hydrogen-bond acceptors (Lipinski definition) is 2. The highest BCUT2D eigenvalue weighted by Crippen LogP contribution is 2.25. The third-order valence-corrected chi connectivity index (χ3v) is 3.89. The quantitative estimate of drug-likeness (QED) is 0.926. The minimum Gasteiger partial charge on any atom is -0.334 e. The Morgan fingerprint density at radius 1 is 1.53 bits per heavy atom. The average molecular weight is 285 g/mol. The van der Waals surface area contributed by atoms with Crippen LogP contribution in [0, 0.1) is 5.82 Å². The number of piperidine rings is 1. The lowest BCUT2D eigenvalue weighted by atomic mass is 10.0. The number of nitrogens with one attached hydrogen (secondary N) is 1. The molecule has 3 nitrogen and oxygen atoms in total. The van der Waals surface area contributed by atoms with Crippen LogP contribution in [0.3, 0.4) is 0 Å². The molecule has 19 heavy (non-hydrogen) atoms. The number of nitrogens with zero attached hydrogens (tertiary/aromatic N) is 1. The maximum absolute atomic E-state index is 13.4. The first kappa shape index (κ1) is 14.3. The van der Waals surface area contributed by atoms with Gasteiger partial charge in [-0.05, 0) is 38.4 Å². The lowest BCUT2D eigenvalue weighted by molar-refractivity contribution is 0.0614. The average Bonchev–Trinajstić information content (AvgIpc) is 2.42. The van der Waals surface area contributed by atoms with Gasteiger partial charge in [-0.3, -0.25) is 4.79 Å². The predicted molar refractivity (Wildman–Crippen MR) is 74.0 cm³/mol. The van der Waals surface area contributed by atoms with Gasteiger partial charge >= 0.3 is 0 Å². The van der Waals surface area contributed by atoms with Gasteiger partial charge in [0.1, 0.15) is 5.82 Å². The Morgan fingerprint density at radius 2 is 2.32 bits per heavy atom. The smallest absolute Gasteiger partial charge is 0.255 e. The van der Waals surface area contributed by atoms with Gasteiger partial charge in [0.2, 0.25) is 0 Å². The number of carbonyl (C=O) groups excluding carboxylic acids is 1. The molecule has 1 aliphatic heterocycles. The summed E-state index contributed by atoms with van der Waals surface area (Å²) in [6.45, 7) is 1.46. The Morgan fingerprint density at radius 3 is 3.05 bits per heavy atom. The van der Waals surface area contributed by atoms with Crippen molar-refractivity contribution in [1.82, 2.24) is 10.2 Å². The Balaban J connectivity index is 2.23. The van der Waals surface area contributed by atoms with Gasteiger partial charge in [-0.2, -0.15) is 0 Å². The van der Waals surface area contributed by atoms with E-state index in [1.165, 1.54) is 12.1 Å². The van der Waals surface area contributed by atoms with Crippen molar-refractivity contribution in [2.45, 2.75) is 25.3 Å². The molecule has 0 aliphatic carbocycles. The standard InChI is InChI=1S/C14H18ClFN2O/c1-17-9-10-5-2-3-8-18(10)14(19)11-6-4-7-12(16)13(11)15/h4,6-7,10,17H,2-3,5,8-9H2,1H3. The number of likely N-dealkylation sites (N-methyl/N-ethyl adjacent to an activating group) is 1. The molecular weight excluding hydrogens is 267 g/mol. The maximum atomic E-state index is 13.4. The molecule has 1 fully saturated rings. The predicted octanol–water partition coefficient (Wildman–Crippen LogP) is 2.69. The van der Waals surface area contributed by atoms with Gasteiger partial charge < -0.3 is 10.2 Å². The van der Waals surface area contributed by atoms with E-state index < -0.39 is 5.82 Å². The molecule has 1 N–H and O–H groups in total. The van der Waals surface area contributed by atoms with Crippen molar-refractivity contribution in [3.63, 3.8) is 0 Å². The summed E-state index contributed by atoms with van der Waals surface area (Å²) in [5.74, 6) is -0.723. The van der Waals surface area contributed by atoms with Crippen molar-refractivity contribution in [3.05, 3.63) is 34.6 Å². The van der Waals surface area contributed by atoms with Crippen LogP contribution in [0.2, 0.25) is 5.02 Å². The summed E-state index contributed by atoms with van der Waals surface area (Å²) in [6, 6.07) is 4.52. The van der Waals surface area contributed by atoms with E-state index >= 15 is 0 Å². The summed E-state index contributed by atoms with van der Waals surface area (Å²) in [7, 11) is 1.87. The molecule has 0 spiro atoms. The van der Waals surface area contributed by atoms with E-state index in [1.54, 1.807) is 11.0 Å². The number of hydrogen-bond donors (Lipinski definition) is 1. The second-order valence-electron chi connectivity index (χ2n) is 4.81. The highest BCUT2D eigenvalue weighted by Gasteiger charge is 2.28. The molecule has 1 aromatic rings. The van der Waals surface area contributed by atoms with Crippen LogP contribution in [0.15, 0.2) is 18.2 Å². The fourth-order valence-corrected chi connectivity index (χ4v) is 2.75. The third kappa shape index (κ3) is 3.07. The van der Waals surface area contributed by atoms with Gasteiger partial charge in [-0.1, -0.05) is 17.7 Å². The van der Waals surface area contributed by atoms with Crippen molar-refractivity contribution >= 4 is 17.5 Å². The minimum absolute atomic E-state index is 0.0821. The highest BCUT2D eigenvalue weighted by atomic mass is 35.5. The fraction of sp³-hybridized carbons (Fsp3) is 0.500. The summed E-state index contributed by atoms with van der Waals surface area (Å²) in [6.07, 6.45) is 3.07. The Hall–Kier alpha value is -1.13. The van der Waals surface area contributed by atoms with E-state index in [1.807, 2.05) is 7.05 Å². The first-order valence-electron chi connectivity index (χ1n) is 6.54. The first-order chi connectivity index (χ1) is 9.15. The Bertz CT molecular complexity index is 465. The topological polar surface area (TPSA) is 32.3 Å². The van der Waals surface area contributed by atoms with Crippen molar-refractivity contribution in [1.29, 1.82) is 0 Å². The van der Waals surface area contributed by atoms with Gasteiger partial charge in [0.05, 0.1) is 10.6 Å². The molecule has 0 saturated carbocycles. The van der Waals surface area contributed by atoms with Gasteiger partial charge in [-0.15, -0.1) is 0 Å². The number of likely N-dealkylation sites (tertiary alicyclic amines) is 1. The van der Waals surface area contributed by atoms with Crippen molar-refractivity contribution in [2.24, 2.45) is 0 Å². The molecule has 1 saturated heterocycles. The minimum atomic E-state index is -0.547. The number of benzene rings is 1. The summed E-state index contributed by atoms with van der Waals surface area (Å²) in [5, 5.41) is 3.02. The SMILES string of the molecule is CNCC1CCCCN1C(=O)c1cccc(F)c1Cl. The lowest BCUT2D eigenvalue weighted by Crippen LogP contribution is -2.48. The zero-order valence-electron chi connectivity index (χ0n) is 11.0. The summed E-state index contributed by atoms with van der Waals surface area (Å²) in [4.78, 5) is 14.3. The summed E-state index contributed by atoms with van der Waals surface area (Å²) < 4.78 is 13.4. The number of carbonyl (C=O) groups is 1. The molecule has 1 heterocycles. The number of rotatable bonds is 3. The van der Waals surface area contributed by atoms with E-state index in [-0.39, 0.29) is 22.5 Å². The Kier molecular flexibility index (Phi) is 4.77. The van der Waals surface area contributed by atoms with Crippen LogP contribution in [-0.4, -0.2) is 37.0 Å². The van der Waals surface area contributed by atoms with Crippen LogP contribution < -0.4 is 5.32 Å². The van der Waals surface area contributed by atoms with Crippen molar-refractivity contribution in [3.8, 4) is 0 Å². The van der Waals surface area contributed by atoms with E-state index in [4.69, 9.17) is 11.6 Å². The second kappa shape index (κ2) is 6.35. The van der Waals surface area contributed by atoms with Crippen LogP contribution in [0.4, 0.5) is 4.39 Å². The van der Waals surface area contributed by atoms with Crippen molar-refractivity contribution in [2.75, 3.05) is 20.1 Å². The molecule has 104 valence electrons. The summed E-state index contributed by atoms with van der Waals surface area (Å²) in [5.41, 5.74) is 0.254. The second-order valence-corrected chi connectivity index (χ2v) is 5.19. The molecule has 1 unspecified atom stereocenters. The molecule has 2 rings (SSSR count). The molecule has 1 atom stereocenters. The van der Waals surface area contributed by atoms with Gasteiger partial charge in [-0.25, -0.2) is 4.39 Å². The molecule has 0 bridgehead atoms. The summed E-state index contributed by atoms with van der Waals surface area (Å²) >= 11 is 5.89. The molecule has 1 aromatic carbocycles. The van der Waals surface area contributed by atoms with E-state index in [9.17, 15) is 9.18 Å². The van der Waals surface area contributed by atoms with Crippen LogP contribution in [0.5, 0.6) is 0 Å². The molecule has 1 amide bonds. The van der Waals surface area contributed by atoms with Crippen LogP contribution >= 0.6 is 11.6 Å². The molecule has 1 aliphatic rings. The number of amides is 1. The van der Waals surface area contributed by atoms with Gasteiger partial charge in [0, 0.05) is 19.1 Å². The van der Waals surface area contributed by atoms with Crippen LogP contribution in [0.1, 0.15) is 29.6 Å². The number of halogens is 2. The molecular formula is C14H18ClFN2O. The lowest BCUT2D eigenvalue weighted by Gasteiger charge is -2.36. The zero-order chi connectivity index (χ0) is 13.8. The van der Waals surface area contributed by atoms with E-state index in [2.05, 4.69) is 5.32 Å². The van der Waals surface area contributed by atoms with Gasteiger partial charge in [0.25, 0.3) is 5.91 Å². The molecule has 5 heteroatoms. The van der Waals surface area contributed by atoms with E-state index in [0.29, 0.717) is 6.54 Å². The van der Waals surface area contributed by atoms with E-state index in [0.717, 1.165) is 25.8 Å². The van der Waals surface area contributed by atoms with Crippen LogP contribution in [0.25, 0.3) is 0 Å². The third-order valence-electron chi connectivity index (χ3n) is 3.51. The molecule has 0 aromatic heterocycles. The highest BCUT2D eigenvalue weighted by molar-refractivity contribution is 6.34. The maximum Gasteiger partial charge on any atom is 0.255 e. The van der Waals surface area contributed by atoms with Gasteiger partial charge in [0.15, 0.2) is 0 Å².